The Labute approximate surface area is 127 Å². The van der Waals surface area contributed by atoms with Crippen LogP contribution in [0.3, 0.4) is 0 Å². The van der Waals surface area contributed by atoms with Crippen molar-refractivity contribution in [1.29, 1.82) is 0 Å². The highest BCUT2D eigenvalue weighted by atomic mass is 16.6. The van der Waals surface area contributed by atoms with Crippen LogP contribution in [0.2, 0.25) is 0 Å². The Bertz CT molecular complexity index is 464. The lowest BCUT2D eigenvalue weighted by molar-refractivity contribution is -0.000989. The number of rotatable bonds is 2. The van der Waals surface area contributed by atoms with E-state index in [1.807, 2.05) is 37.9 Å². The van der Waals surface area contributed by atoms with Crippen molar-refractivity contribution in [2.75, 3.05) is 19.6 Å². The summed E-state index contributed by atoms with van der Waals surface area (Å²) in [6.45, 7) is 12.3. The van der Waals surface area contributed by atoms with Crippen LogP contribution >= 0.6 is 0 Å². The van der Waals surface area contributed by atoms with Gasteiger partial charge in [0.1, 0.15) is 5.60 Å². The van der Waals surface area contributed by atoms with Crippen LogP contribution < -0.4 is 0 Å². The first-order chi connectivity index (χ1) is 9.78. The van der Waals surface area contributed by atoms with Gasteiger partial charge in [-0.1, -0.05) is 0 Å². The maximum absolute atomic E-state index is 12.1. The van der Waals surface area contributed by atoms with E-state index in [2.05, 4.69) is 29.8 Å². The predicted molar refractivity (Wildman–Crippen MR) is 83.2 cm³/mol. The molecule has 0 saturated carbocycles. The Morgan fingerprint density at radius 3 is 2.67 bits per heavy atom. The van der Waals surface area contributed by atoms with E-state index in [-0.39, 0.29) is 6.09 Å². The molecule has 1 aliphatic rings. The van der Waals surface area contributed by atoms with Gasteiger partial charge in [-0.25, -0.2) is 4.79 Å². The summed E-state index contributed by atoms with van der Waals surface area (Å²) < 4.78 is 5.46. The van der Waals surface area contributed by atoms with Gasteiger partial charge in [0.25, 0.3) is 0 Å². The molecular weight excluding hydrogens is 266 g/mol. The van der Waals surface area contributed by atoms with Crippen molar-refractivity contribution in [2.45, 2.75) is 52.3 Å². The molecule has 2 rings (SSSR count). The van der Waals surface area contributed by atoms with E-state index in [1.54, 1.807) is 0 Å². The molecule has 1 aromatic heterocycles. The Kier molecular flexibility index (Phi) is 4.61. The number of hydrogen-bond donors (Lipinski definition) is 1. The van der Waals surface area contributed by atoms with Gasteiger partial charge in [-0.2, -0.15) is 0 Å². The first-order valence-corrected chi connectivity index (χ1v) is 7.65. The minimum Gasteiger partial charge on any atom is -0.444 e. The predicted octanol–water partition coefficient (Wildman–Crippen LogP) is 3.02. The number of aromatic nitrogens is 1. The number of piperazine rings is 1. The molecule has 5 nitrogen and oxygen atoms in total. The highest BCUT2D eigenvalue weighted by molar-refractivity contribution is 5.68. The highest BCUT2D eigenvalue weighted by Crippen LogP contribution is 2.24. The number of ether oxygens (including phenoxy) is 1. The molecule has 1 aliphatic heterocycles. The first-order valence-electron chi connectivity index (χ1n) is 7.65. The summed E-state index contributed by atoms with van der Waals surface area (Å²) in [5.74, 6) is 0. The van der Waals surface area contributed by atoms with Gasteiger partial charge >= 0.3 is 6.09 Å². The van der Waals surface area contributed by atoms with E-state index < -0.39 is 5.60 Å². The van der Waals surface area contributed by atoms with E-state index in [0.717, 1.165) is 6.54 Å². The Morgan fingerprint density at radius 2 is 2.14 bits per heavy atom. The van der Waals surface area contributed by atoms with Crippen LogP contribution in [0.5, 0.6) is 0 Å². The quantitative estimate of drug-likeness (QED) is 0.912. The zero-order valence-electron chi connectivity index (χ0n) is 13.7. The van der Waals surface area contributed by atoms with E-state index in [9.17, 15) is 4.79 Å². The summed E-state index contributed by atoms with van der Waals surface area (Å²) in [4.78, 5) is 19.7. The summed E-state index contributed by atoms with van der Waals surface area (Å²) in [7, 11) is 0. The molecule has 5 heteroatoms. The Morgan fingerprint density at radius 1 is 1.43 bits per heavy atom. The number of H-pyrrole nitrogens is 1. The molecule has 2 atom stereocenters. The van der Waals surface area contributed by atoms with Gasteiger partial charge in [0, 0.05) is 43.6 Å². The van der Waals surface area contributed by atoms with Crippen LogP contribution in [0, 0.1) is 0 Å². The van der Waals surface area contributed by atoms with Gasteiger partial charge in [0.15, 0.2) is 0 Å². The number of carbonyl (C=O) groups excluding carboxylic acids is 1. The van der Waals surface area contributed by atoms with Crippen molar-refractivity contribution in [3.8, 4) is 0 Å². The maximum Gasteiger partial charge on any atom is 0.410 e. The van der Waals surface area contributed by atoms with Gasteiger partial charge in [0.05, 0.1) is 0 Å². The molecule has 21 heavy (non-hydrogen) atoms. The molecule has 0 radical (unpaired) electrons. The van der Waals surface area contributed by atoms with Crippen LogP contribution in [-0.2, 0) is 4.74 Å². The molecular formula is C16H27N3O2. The second-order valence-corrected chi connectivity index (χ2v) is 6.81. The molecule has 1 N–H and O–H groups in total. The third-order valence-electron chi connectivity index (χ3n) is 3.90. The molecule has 0 bridgehead atoms. The van der Waals surface area contributed by atoms with Gasteiger partial charge < -0.3 is 14.6 Å². The number of nitrogens with one attached hydrogen (secondary N) is 1. The fraction of sp³-hybridized carbons (Fsp3) is 0.688. The molecule has 1 aromatic rings. The van der Waals surface area contributed by atoms with Gasteiger partial charge in [-0.15, -0.1) is 0 Å². The number of aromatic amines is 1. The van der Waals surface area contributed by atoms with Crippen molar-refractivity contribution in [2.24, 2.45) is 0 Å². The van der Waals surface area contributed by atoms with Gasteiger partial charge in [0.2, 0.25) is 0 Å². The Hall–Kier alpha value is -1.49. The fourth-order valence-electron chi connectivity index (χ4n) is 2.82. The standard InChI is InChI=1S/C16H27N3O2/c1-12-11-18(15(20)21-16(3,4)5)9-10-19(12)13(2)14-7-6-8-17-14/h6-8,12-13,17H,9-11H2,1-5H3. The van der Waals surface area contributed by atoms with Crippen molar-refractivity contribution >= 4 is 6.09 Å². The molecule has 2 heterocycles. The number of nitrogens with zero attached hydrogens (tertiary/aromatic N) is 2. The molecule has 0 aromatic carbocycles. The molecule has 1 fully saturated rings. The smallest absolute Gasteiger partial charge is 0.410 e. The minimum absolute atomic E-state index is 0.207. The van der Waals surface area contributed by atoms with Crippen molar-refractivity contribution in [3.05, 3.63) is 24.0 Å². The zero-order chi connectivity index (χ0) is 15.6. The summed E-state index contributed by atoms with van der Waals surface area (Å²) in [5, 5.41) is 0. The monoisotopic (exact) mass is 293 g/mol. The third kappa shape index (κ3) is 4.00. The summed E-state index contributed by atoms with van der Waals surface area (Å²) in [6.07, 6.45) is 1.74. The third-order valence-corrected chi connectivity index (χ3v) is 3.90. The van der Waals surface area contributed by atoms with Crippen molar-refractivity contribution in [3.63, 3.8) is 0 Å². The van der Waals surface area contributed by atoms with E-state index in [4.69, 9.17) is 4.74 Å². The van der Waals surface area contributed by atoms with Gasteiger partial charge in [-0.3, -0.25) is 4.90 Å². The first kappa shape index (κ1) is 15.9. The van der Waals surface area contributed by atoms with E-state index in [0.29, 0.717) is 25.2 Å². The van der Waals surface area contributed by atoms with Crippen LogP contribution in [0.1, 0.15) is 46.4 Å². The second kappa shape index (κ2) is 6.10. The maximum atomic E-state index is 12.1. The minimum atomic E-state index is -0.436. The molecule has 0 aliphatic carbocycles. The lowest BCUT2D eigenvalue weighted by atomic mass is 10.1. The van der Waals surface area contributed by atoms with Crippen LogP contribution in [0.4, 0.5) is 4.79 Å². The second-order valence-electron chi connectivity index (χ2n) is 6.81. The summed E-state index contributed by atoms with van der Waals surface area (Å²) >= 11 is 0. The number of carbonyl (C=O) groups is 1. The fourth-order valence-corrected chi connectivity index (χ4v) is 2.82. The van der Waals surface area contributed by atoms with E-state index >= 15 is 0 Å². The SMILES string of the molecule is CC1CN(C(=O)OC(C)(C)C)CCN1C(C)c1ccc[nH]1. The van der Waals surface area contributed by atoms with Crippen LogP contribution in [0.25, 0.3) is 0 Å². The van der Waals surface area contributed by atoms with Crippen LogP contribution in [0.15, 0.2) is 18.3 Å². The average molecular weight is 293 g/mol. The molecule has 1 amide bonds. The average Bonchev–Trinajstić information content (AvgIpc) is 2.89. The molecule has 0 spiro atoms. The summed E-state index contributed by atoms with van der Waals surface area (Å²) in [6, 6.07) is 4.77. The molecule has 2 unspecified atom stereocenters. The Balaban J connectivity index is 1.94. The highest BCUT2D eigenvalue weighted by Gasteiger charge is 2.32. The molecule has 1 saturated heterocycles. The normalized spacial score (nSPS) is 22.1. The number of amides is 1. The largest absolute Gasteiger partial charge is 0.444 e. The van der Waals surface area contributed by atoms with Gasteiger partial charge in [-0.05, 0) is 46.8 Å². The van der Waals surface area contributed by atoms with Crippen molar-refractivity contribution < 1.29 is 9.53 Å². The molecule has 118 valence electrons. The lowest BCUT2D eigenvalue weighted by Gasteiger charge is -2.42. The zero-order valence-corrected chi connectivity index (χ0v) is 13.7. The lowest BCUT2D eigenvalue weighted by Crippen LogP contribution is -2.54. The van der Waals surface area contributed by atoms with Crippen LogP contribution in [-0.4, -0.2) is 52.2 Å². The topological polar surface area (TPSA) is 48.6 Å². The number of hydrogen-bond acceptors (Lipinski definition) is 3. The summed E-state index contributed by atoms with van der Waals surface area (Å²) in [5.41, 5.74) is 0.780. The van der Waals surface area contributed by atoms with E-state index in [1.165, 1.54) is 5.69 Å². The van der Waals surface area contributed by atoms with Crippen molar-refractivity contribution in [1.82, 2.24) is 14.8 Å².